The van der Waals surface area contributed by atoms with E-state index in [-0.39, 0.29) is 6.04 Å². The molecule has 2 aromatic heterocycles. The number of rotatable bonds is 4. The number of aryl methyl sites for hydroxylation is 1. The maximum atomic E-state index is 10.1. The first-order valence-corrected chi connectivity index (χ1v) is 8.00. The number of β-amino-alcohol motifs (C(OH)–C–C–N with tert-alkyl or cyclic N) is 1. The van der Waals surface area contributed by atoms with Crippen LogP contribution in [0.3, 0.4) is 0 Å². The largest absolute Gasteiger partial charge is 0.392 e. The second-order valence-electron chi connectivity index (χ2n) is 6.20. The Kier molecular flexibility index (Phi) is 3.87. The van der Waals surface area contributed by atoms with Gasteiger partial charge in [0.2, 0.25) is 11.7 Å². The predicted molar refractivity (Wildman–Crippen MR) is 86.8 cm³/mol. The number of imidazole rings is 1. The lowest BCUT2D eigenvalue weighted by atomic mass is 10.1. The Morgan fingerprint density at radius 3 is 3.12 bits per heavy atom. The van der Waals surface area contributed by atoms with E-state index in [9.17, 15) is 5.11 Å². The lowest BCUT2D eigenvalue weighted by Gasteiger charge is -2.19. The molecule has 2 N–H and O–H groups in total. The van der Waals surface area contributed by atoms with Crippen molar-refractivity contribution < 1.29 is 9.63 Å². The van der Waals surface area contributed by atoms with E-state index < -0.39 is 6.10 Å². The highest BCUT2D eigenvalue weighted by Crippen LogP contribution is 2.33. The molecule has 24 heavy (non-hydrogen) atoms. The van der Waals surface area contributed by atoms with Crippen LogP contribution in [0.2, 0.25) is 0 Å². The van der Waals surface area contributed by atoms with Crippen LogP contribution >= 0.6 is 0 Å². The molecular formula is C17H19N5O2. The van der Waals surface area contributed by atoms with E-state index >= 15 is 0 Å². The van der Waals surface area contributed by atoms with Crippen molar-refractivity contribution in [3.05, 3.63) is 53.9 Å². The fraction of sp³-hybridized carbons (Fsp3) is 0.353. The smallest absolute Gasteiger partial charge is 0.244 e. The molecule has 0 amide bonds. The number of hydrogen-bond acceptors (Lipinski definition) is 6. The van der Waals surface area contributed by atoms with Crippen molar-refractivity contribution in [2.75, 3.05) is 6.54 Å². The number of nitrogens with one attached hydrogen (secondary N) is 1. The summed E-state index contributed by atoms with van der Waals surface area (Å²) in [7, 11) is 0. The highest BCUT2D eigenvalue weighted by molar-refractivity contribution is 5.55. The molecule has 7 nitrogen and oxygen atoms in total. The van der Waals surface area contributed by atoms with Gasteiger partial charge < -0.3 is 14.6 Å². The highest BCUT2D eigenvalue weighted by Gasteiger charge is 2.36. The van der Waals surface area contributed by atoms with Gasteiger partial charge in [0, 0.05) is 24.5 Å². The summed E-state index contributed by atoms with van der Waals surface area (Å²) in [6.07, 6.45) is 3.69. The van der Waals surface area contributed by atoms with Crippen LogP contribution < -0.4 is 0 Å². The summed E-state index contributed by atoms with van der Waals surface area (Å²) < 4.78 is 5.50. The number of aromatic nitrogens is 4. The Hall–Kier alpha value is -2.51. The van der Waals surface area contributed by atoms with Crippen molar-refractivity contribution in [2.45, 2.75) is 32.0 Å². The fourth-order valence-corrected chi connectivity index (χ4v) is 3.16. The molecule has 2 atom stereocenters. The van der Waals surface area contributed by atoms with Crippen LogP contribution in [0, 0.1) is 6.92 Å². The van der Waals surface area contributed by atoms with Crippen LogP contribution in [0.1, 0.15) is 29.7 Å². The minimum absolute atomic E-state index is 0.101. The molecule has 1 saturated heterocycles. The molecule has 124 valence electrons. The normalized spacial score (nSPS) is 21.4. The van der Waals surface area contributed by atoms with Crippen molar-refractivity contribution in [1.29, 1.82) is 0 Å². The van der Waals surface area contributed by atoms with Gasteiger partial charge in [-0.1, -0.05) is 28.9 Å². The Labute approximate surface area is 139 Å². The Balaban J connectivity index is 1.58. The summed E-state index contributed by atoms with van der Waals surface area (Å²) in [5.74, 6) is 1.97. The molecule has 3 heterocycles. The van der Waals surface area contributed by atoms with E-state index in [1.807, 2.05) is 31.2 Å². The summed E-state index contributed by atoms with van der Waals surface area (Å²) in [6.45, 7) is 3.20. The van der Waals surface area contributed by atoms with Gasteiger partial charge in [0.05, 0.1) is 18.7 Å². The molecule has 3 aromatic rings. The van der Waals surface area contributed by atoms with Crippen molar-refractivity contribution in [1.82, 2.24) is 25.0 Å². The molecule has 1 aliphatic rings. The quantitative estimate of drug-likeness (QED) is 0.763. The highest BCUT2D eigenvalue weighted by atomic mass is 16.5. The van der Waals surface area contributed by atoms with E-state index in [1.165, 1.54) is 0 Å². The topological polar surface area (TPSA) is 91.1 Å². The average molecular weight is 325 g/mol. The van der Waals surface area contributed by atoms with E-state index in [0.29, 0.717) is 31.2 Å². The molecule has 1 fully saturated rings. The zero-order valence-electron chi connectivity index (χ0n) is 13.4. The number of H-pyrrole nitrogens is 1. The molecule has 0 radical (unpaired) electrons. The van der Waals surface area contributed by atoms with Gasteiger partial charge in [-0.25, -0.2) is 4.98 Å². The van der Waals surface area contributed by atoms with E-state index in [2.05, 4.69) is 25.0 Å². The summed E-state index contributed by atoms with van der Waals surface area (Å²) >= 11 is 0. The summed E-state index contributed by atoms with van der Waals surface area (Å²) in [4.78, 5) is 14.0. The van der Waals surface area contributed by atoms with Gasteiger partial charge in [0.15, 0.2) is 0 Å². The third-order valence-electron chi connectivity index (χ3n) is 4.29. The molecule has 0 bridgehead atoms. The number of aliphatic hydroxyl groups is 1. The standard InChI is InChI=1S/C17H19N5O2/c1-11-3-2-4-12(7-11)16-20-17(24-21-16)14-8-13(23)9-22(14)10-15-18-5-6-19-15/h2-7,13-14,23H,8-10H2,1H3,(H,18,19)/t13-,14+/m1/s1. The molecular weight excluding hydrogens is 306 g/mol. The van der Waals surface area contributed by atoms with Crippen molar-refractivity contribution >= 4 is 0 Å². The number of aliphatic hydroxyl groups excluding tert-OH is 1. The van der Waals surface area contributed by atoms with Crippen molar-refractivity contribution in [2.24, 2.45) is 0 Å². The molecule has 0 unspecified atom stereocenters. The Bertz CT molecular complexity index is 814. The number of benzene rings is 1. The van der Waals surface area contributed by atoms with Gasteiger partial charge in [-0.05, 0) is 19.4 Å². The summed E-state index contributed by atoms with van der Waals surface area (Å²) in [5, 5.41) is 14.2. The van der Waals surface area contributed by atoms with Crippen LogP contribution in [0.5, 0.6) is 0 Å². The molecule has 0 saturated carbocycles. The van der Waals surface area contributed by atoms with Gasteiger partial charge >= 0.3 is 0 Å². The second-order valence-corrected chi connectivity index (χ2v) is 6.20. The molecule has 1 aliphatic heterocycles. The lowest BCUT2D eigenvalue weighted by Crippen LogP contribution is -2.25. The number of likely N-dealkylation sites (tertiary alicyclic amines) is 1. The SMILES string of the molecule is Cc1cccc(-c2noc([C@@H]3C[C@@H](O)CN3Cc3ncc[nH]3)n2)c1. The third-order valence-corrected chi connectivity index (χ3v) is 4.29. The molecule has 7 heteroatoms. The van der Waals surface area contributed by atoms with Gasteiger partial charge in [-0.3, -0.25) is 4.90 Å². The van der Waals surface area contributed by atoms with Gasteiger partial charge in [-0.2, -0.15) is 4.98 Å². The lowest BCUT2D eigenvalue weighted by molar-refractivity contribution is 0.167. The zero-order chi connectivity index (χ0) is 16.5. The maximum absolute atomic E-state index is 10.1. The minimum atomic E-state index is -0.403. The van der Waals surface area contributed by atoms with Crippen LogP contribution in [0.15, 0.2) is 41.2 Å². The molecule has 0 spiro atoms. The van der Waals surface area contributed by atoms with Crippen LogP contribution in [-0.4, -0.2) is 42.8 Å². The fourth-order valence-electron chi connectivity index (χ4n) is 3.16. The van der Waals surface area contributed by atoms with Crippen molar-refractivity contribution in [3.8, 4) is 11.4 Å². The molecule has 1 aromatic carbocycles. The van der Waals surface area contributed by atoms with Crippen LogP contribution in [-0.2, 0) is 6.54 Å². The van der Waals surface area contributed by atoms with Gasteiger partial charge in [0.1, 0.15) is 5.82 Å². The first-order valence-electron chi connectivity index (χ1n) is 8.00. The Morgan fingerprint density at radius 1 is 1.42 bits per heavy atom. The second kappa shape index (κ2) is 6.18. The zero-order valence-corrected chi connectivity index (χ0v) is 13.4. The average Bonchev–Trinajstić information content (AvgIpc) is 3.29. The van der Waals surface area contributed by atoms with Crippen LogP contribution in [0.4, 0.5) is 0 Å². The predicted octanol–water partition coefficient (Wildman–Crippen LogP) is 2.08. The van der Waals surface area contributed by atoms with Crippen LogP contribution in [0.25, 0.3) is 11.4 Å². The van der Waals surface area contributed by atoms with Gasteiger partial charge in [-0.15, -0.1) is 0 Å². The minimum Gasteiger partial charge on any atom is -0.392 e. The monoisotopic (exact) mass is 325 g/mol. The first kappa shape index (κ1) is 15.0. The van der Waals surface area contributed by atoms with E-state index in [1.54, 1.807) is 12.4 Å². The molecule has 4 rings (SSSR count). The van der Waals surface area contributed by atoms with Gasteiger partial charge in [0.25, 0.3) is 0 Å². The maximum Gasteiger partial charge on any atom is 0.244 e. The number of nitrogens with zero attached hydrogens (tertiary/aromatic N) is 4. The number of aromatic amines is 1. The third kappa shape index (κ3) is 2.95. The van der Waals surface area contributed by atoms with E-state index in [0.717, 1.165) is 17.0 Å². The summed E-state index contributed by atoms with van der Waals surface area (Å²) in [5.41, 5.74) is 2.08. The van der Waals surface area contributed by atoms with E-state index in [4.69, 9.17) is 4.52 Å². The first-order chi connectivity index (χ1) is 11.7. The van der Waals surface area contributed by atoms with Crippen molar-refractivity contribution in [3.63, 3.8) is 0 Å². The molecule has 0 aliphatic carbocycles. The number of hydrogen-bond donors (Lipinski definition) is 2. The Morgan fingerprint density at radius 2 is 2.33 bits per heavy atom. The summed E-state index contributed by atoms with van der Waals surface area (Å²) in [6, 6.07) is 7.90.